The summed E-state index contributed by atoms with van der Waals surface area (Å²) >= 11 is 0. The third-order valence-electron chi connectivity index (χ3n) is 2.18. The fourth-order valence-corrected chi connectivity index (χ4v) is 1.36. The van der Waals surface area contributed by atoms with E-state index in [0.717, 1.165) is 0 Å². The molecule has 0 aromatic heterocycles. The molecule has 0 fully saturated rings. The lowest BCUT2D eigenvalue weighted by Gasteiger charge is -2.10. The van der Waals surface area contributed by atoms with E-state index in [-0.39, 0.29) is 24.5 Å². The van der Waals surface area contributed by atoms with Crippen LogP contribution in [-0.2, 0) is 0 Å². The Morgan fingerprint density at radius 2 is 2.00 bits per heavy atom. The second-order valence-electron chi connectivity index (χ2n) is 3.75. The number of nitrogens with zero attached hydrogens (tertiary/aromatic N) is 1. The first-order valence-corrected chi connectivity index (χ1v) is 5.35. The van der Waals surface area contributed by atoms with E-state index in [9.17, 15) is 23.3 Å². The highest BCUT2D eigenvalue weighted by molar-refractivity contribution is 5.65. The summed E-state index contributed by atoms with van der Waals surface area (Å²) in [7, 11) is 0. The van der Waals surface area contributed by atoms with Crippen molar-refractivity contribution in [1.82, 2.24) is 5.32 Å². The Bertz CT molecular complexity index is 451. The molecule has 4 N–H and O–H groups in total. The lowest BCUT2D eigenvalue weighted by Crippen LogP contribution is -2.32. The number of halogens is 3. The van der Waals surface area contributed by atoms with Gasteiger partial charge in [-0.1, -0.05) is 0 Å². The van der Waals surface area contributed by atoms with Crippen molar-refractivity contribution >= 4 is 17.1 Å². The molecule has 0 heterocycles. The zero-order chi connectivity index (χ0) is 14.5. The Morgan fingerprint density at radius 3 is 2.53 bits per heavy atom. The van der Waals surface area contributed by atoms with E-state index < -0.39 is 17.6 Å². The van der Waals surface area contributed by atoms with Crippen LogP contribution in [0.2, 0.25) is 0 Å². The van der Waals surface area contributed by atoms with Gasteiger partial charge in [0.15, 0.2) is 0 Å². The van der Waals surface area contributed by atoms with E-state index in [1.54, 1.807) is 0 Å². The second-order valence-corrected chi connectivity index (χ2v) is 3.75. The van der Waals surface area contributed by atoms with Crippen LogP contribution < -0.4 is 16.4 Å². The predicted molar refractivity (Wildman–Crippen MR) is 64.9 cm³/mol. The van der Waals surface area contributed by atoms with Crippen LogP contribution in [0.1, 0.15) is 0 Å². The lowest BCUT2D eigenvalue weighted by molar-refractivity contribution is -0.383. The van der Waals surface area contributed by atoms with E-state index in [1.807, 2.05) is 0 Å². The first-order valence-electron chi connectivity index (χ1n) is 5.35. The molecular weight excluding hydrogens is 265 g/mol. The summed E-state index contributed by atoms with van der Waals surface area (Å²) in [6.45, 7) is -0.708. The Balaban J connectivity index is 2.38. The Hall–Kier alpha value is -2.03. The van der Waals surface area contributed by atoms with Crippen LogP contribution in [0.5, 0.6) is 0 Å². The maximum absolute atomic E-state index is 11.8. The Labute approximate surface area is 106 Å². The van der Waals surface area contributed by atoms with E-state index in [0.29, 0.717) is 5.69 Å². The molecule has 0 aliphatic rings. The number of nitrogens with one attached hydrogen (secondary N) is 2. The number of nitrogens with two attached hydrogens (primary N) is 1. The molecule has 0 amide bonds. The average Bonchev–Trinajstić information content (AvgIpc) is 2.26. The van der Waals surface area contributed by atoms with Crippen molar-refractivity contribution in [2.45, 2.75) is 6.18 Å². The summed E-state index contributed by atoms with van der Waals surface area (Å²) in [5.74, 6) is 0. The van der Waals surface area contributed by atoms with Gasteiger partial charge in [-0.3, -0.25) is 10.1 Å². The van der Waals surface area contributed by atoms with Gasteiger partial charge in [0.2, 0.25) is 0 Å². The van der Waals surface area contributed by atoms with Crippen molar-refractivity contribution in [3.63, 3.8) is 0 Å². The highest BCUT2D eigenvalue weighted by atomic mass is 19.4. The van der Waals surface area contributed by atoms with E-state index in [2.05, 4.69) is 10.6 Å². The maximum Gasteiger partial charge on any atom is 0.401 e. The number of nitrogen functional groups attached to an aromatic ring is 1. The van der Waals surface area contributed by atoms with Crippen molar-refractivity contribution in [2.24, 2.45) is 0 Å². The van der Waals surface area contributed by atoms with Crippen LogP contribution in [0.15, 0.2) is 18.2 Å². The summed E-state index contributed by atoms with van der Waals surface area (Å²) in [6, 6.07) is 4.04. The van der Waals surface area contributed by atoms with Gasteiger partial charge in [-0.05, 0) is 12.1 Å². The van der Waals surface area contributed by atoms with Gasteiger partial charge in [0.25, 0.3) is 5.69 Å². The molecule has 0 radical (unpaired) electrons. The third kappa shape index (κ3) is 5.42. The van der Waals surface area contributed by atoms with Gasteiger partial charge in [-0.15, -0.1) is 0 Å². The van der Waals surface area contributed by atoms with Crippen molar-refractivity contribution in [3.8, 4) is 0 Å². The monoisotopic (exact) mass is 278 g/mol. The first kappa shape index (κ1) is 15.0. The van der Waals surface area contributed by atoms with Gasteiger partial charge in [0.1, 0.15) is 5.69 Å². The van der Waals surface area contributed by atoms with Crippen LogP contribution >= 0.6 is 0 Å². The molecule has 19 heavy (non-hydrogen) atoms. The summed E-state index contributed by atoms with van der Waals surface area (Å²) in [4.78, 5) is 9.91. The molecule has 0 aliphatic heterocycles. The topological polar surface area (TPSA) is 93.2 Å². The number of alkyl halides is 3. The molecular formula is C10H13F3N4O2. The molecule has 0 saturated carbocycles. The maximum atomic E-state index is 11.8. The van der Waals surface area contributed by atoms with Gasteiger partial charge in [-0.2, -0.15) is 13.2 Å². The van der Waals surface area contributed by atoms with Crippen molar-refractivity contribution < 1.29 is 18.1 Å². The van der Waals surface area contributed by atoms with Gasteiger partial charge >= 0.3 is 6.18 Å². The molecule has 9 heteroatoms. The average molecular weight is 278 g/mol. The highest BCUT2D eigenvalue weighted by Crippen LogP contribution is 2.24. The quantitative estimate of drug-likeness (QED) is 0.319. The molecule has 0 bridgehead atoms. The molecule has 0 aliphatic carbocycles. The highest BCUT2D eigenvalue weighted by Gasteiger charge is 2.25. The molecule has 106 valence electrons. The van der Waals surface area contributed by atoms with E-state index in [4.69, 9.17) is 5.73 Å². The smallest absolute Gasteiger partial charge is 0.393 e. The number of hydrogen-bond acceptors (Lipinski definition) is 5. The van der Waals surface area contributed by atoms with Crippen molar-refractivity contribution in [2.75, 3.05) is 30.7 Å². The summed E-state index contributed by atoms with van der Waals surface area (Å²) in [5.41, 5.74) is 5.77. The number of benzene rings is 1. The molecule has 1 rings (SSSR count). The fraction of sp³-hybridized carbons (Fsp3) is 0.400. The minimum Gasteiger partial charge on any atom is -0.393 e. The third-order valence-corrected chi connectivity index (χ3v) is 2.18. The van der Waals surface area contributed by atoms with Gasteiger partial charge in [-0.25, -0.2) is 0 Å². The largest absolute Gasteiger partial charge is 0.401 e. The standard InChI is InChI=1S/C10H13F3N4O2/c11-10(12,13)6-15-3-4-16-7-1-2-9(17(18)19)8(14)5-7/h1-2,5,15-16H,3-4,6,14H2. The molecule has 6 nitrogen and oxygen atoms in total. The minimum absolute atomic E-state index is 0.00162. The molecule has 1 aromatic rings. The number of nitro benzene ring substituents is 1. The number of nitro groups is 1. The minimum atomic E-state index is -4.24. The van der Waals surface area contributed by atoms with Crippen LogP contribution in [0.3, 0.4) is 0 Å². The molecule has 0 unspecified atom stereocenters. The van der Waals surface area contributed by atoms with Gasteiger partial charge < -0.3 is 16.4 Å². The van der Waals surface area contributed by atoms with Crippen LogP contribution in [0, 0.1) is 10.1 Å². The summed E-state index contributed by atoms with van der Waals surface area (Å²) in [5, 5.41) is 15.5. The van der Waals surface area contributed by atoms with Gasteiger partial charge in [0.05, 0.1) is 11.5 Å². The number of hydrogen-bond donors (Lipinski definition) is 3. The van der Waals surface area contributed by atoms with Crippen LogP contribution in [0.4, 0.5) is 30.2 Å². The normalized spacial score (nSPS) is 11.3. The Morgan fingerprint density at radius 1 is 1.32 bits per heavy atom. The molecule has 0 saturated heterocycles. The van der Waals surface area contributed by atoms with Crippen molar-refractivity contribution in [1.29, 1.82) is 0 Å². The molecule has 0 spiro atoms. The SMILES string of the molecule is Nc1cc(NCCNCC(F)(F)F)ccc1[N+](=O)[O-]. The molecule has 1 aromatic carbocycles. The fourth-order valence-electron chi connectivity index (χ4n) is 1.36. The van der Waals surface area contributed by atoms with Crippen molar-refractivity contribution in [3.05, 3.63) is 28.3 Å². The summed E-state index contributed by atoms with van der Waals surface area (Å²) < 4.78 is 35.4. The van der Waals surface area contributed by atoms with Crippen LogP contribution in [-0.4, -0.2) is 30.7 Å². The number of rotatable bonds is 6. The Kier molecular flexibility index (Phi) is 4.93. The first-order chi connectivity index (χ1) is 8.79. The zero-order valence-corrected chi connectivity index (χ0v) is 9.83. The van der Waals surface area contributed by atoms with E-state index in [1.165, 1.54) is 18.2 Å². The van der Waals surface area contributed by atoms with Gasteiger partial charge in [0, 0.05) is 24.8 Å². The molecule has 0 atom stereocenters. The summed E-state index contributed by atoms with van der Waals surface area (Å²) in [6.07, 6.45) is -4.24. The van der Waals surface area contributed by atoms with Crippen LogP contribution in [0.25, 0.3) is 0 Å². The van der Waals surface area contributed by atoms with E-state index >= 15 is 0 Å². The number of anilines is 2. The zero-order valence-electron chi connectivity index (χ0n) is 9.83. The second kappa shape index (κ2) is 6.23. The predicted octanol–water partition coefficient (Wildman–Crippen LogP) is 1.74. The lowest BCUT2D eigenvalue weighted by atomic mass is 10.2.